The molecule has 0 unspecified atom stereocenters. The van der Waals surface area contributed by atoms with Gasteiger partial charge in [-0.05, 0) is 31.2 Å². The minimum absolute atomic E-state index is 0.0324. The molecule has 0 aliphatic heterocycles. The number of nitrogens with two attached hydrogens (primary N) is 2. The molecular weight excluding hydrogens is 324 g/mol. The highest BCUT2D eigenvalue weighted by atomic mass is 16.5. The van der Waals surface area contributed by atoms with E-state index in [0.29, 0.717) is 0 Å². The Morgan fingerprint density at radius 2 is 1.52 bits per heavy atom. The standard InChI is InChI=1S/C18H14N2O5/c1-2-3-12(22)25-11-7-5-9(20)14-16(11)18(24)13-8(19)4-6-10(21)15(13)17(14)23/h2-7,21H,19-20H2,1H3. The van der Waals surface area contributed by atoms with Crippen LogP contribution in [0.3, 0.4) is 0 Å². The summed E-state index contributed by atoms with van der Waals surface area (Å²) in [5, 5.41) is 10.0. The monoisotopic (exact) mass is 338 g/mol. The molecule has 0 bridgehead atoms. The number of esters is 1. The van der Waals surface area contributed by atoms with Crippen molar-refractivity contribution < 1.29 is 24.2 Å². The van der Waals surface area contributed by atoms with Crippen molar-refractivity contribution in [1.29, 1.82) is 0 Å². The summed E-state index contributed by atoms with van der Waals surface area (Å²) in [6, 6.07) is 5.25. The predicted octanol–water partition coefficient (Wildman–Crippen LogP) is 1.81. The third-order valence-corrected chi connectivity index (χ3v) is 3.84. The van der Waals surface area contributed by atoms with Crippen molar-refractivity contribution in [1.82, 2.24) is 0 Å². The van der Waals surface area contributed by atoms with E-state index in [1.54, 1.807) is 6.92 Å². The highest BCUT2D eigenvalue weighted by molar-refractivity contribution is 6.33. The van der Waals surface area contributed by atoms with Crippen LogP contribution >= 0.6 is 0 Å². The molecule has 0 fully saturated rings. The molecule has 5 N–H and O–H groups in total. The number of ketones is 2. The largest absolute Gasteiger partial charge is 0.507 e. The molecule has 126 valence electrons. The number of benzene rings is 2. The van der Waals surface area contributed by atoms with Crippen molar-refractivity contribution >= 4 is 28.9 Å². The van der Waals surface area contributed by atoms with Gasteiger partial charge in [-0.3, -0.25) is 9.59 Å². The highest BCUT2D eigenvalue weighted by Gasteiger charge is 2.37. The third kappa shape index (κ3) is 2.42. The van der Waals surface area contributed by atoms with Crippen LogP contribution in [0.25, 0.3) is 0 Å². The van der Waals surface area contributed by atoms with Crippen molar-refractivity contribution in [3.63, 3.8) is 0 Å². The Morgan fingerprint density at radius 3 is 2.16 bits per heavy atom. The van der Waals surface area contributed by atoms with Gasteiger partial charge in [0.1, 0.15) is 11.5 Å². The number of phenolic OH excluding ortho intramolecular Hbond substituents is 1. The smallest absolute Gasteiger partial charge is 0.335 e. The summed E-state index contributed by atoms with van der Waals surface area (Å²) in [6.45, 7) is 1.63. The van der Waals surface area contributed by atoms with E-state index < -0.39 is 17.5 Å². The molecule has 0 amide bonds. The Morgan fingerprint density at radius 1 is 0.960 bits per heavy atom. The van der Waals surface area contributed by atoms with Crippen LogP contribution < -0.4 is 16.2 Å². The number of aromatic hydroxyl groups is 1. The molecular formula is C18H14N2O5. The minimum atomic E-state index is -0.704. The average Bonchev–Trinajstić information content (AvgIpc) is 2.56. The third-order valence-electron chi connectivity index (χ3n) is 3.84. The van der Waals surface area contributed by atoms with E-state index >= 15 is 0 Å². The number of fused-ring (bicyclic) bond motifs is 2. The Bertz CT molecular complexity index is 976. The lowest BCUT2D eigenvalue weighted by Crippen LogP contribution is -2.25. The molecule has 3 rings (SSSR count). The Kier molecular flexibility index (Phi) is 3.76. The van der Waals surface area contributed by atoms with Crippen molar-refractivity contribution in [2.45, 2.75) is 6.92 Å². The summed E-state index contributed by atoms with van der Waals surface area (Å²) in [7, 11) is 0. The van der Waals surface area contributed by atoms with Gasteiger partial charge in [0.05, 0.1) is 22.3 Å². The lowest BCUT2D eigenvalue weighted by atomic mass is 9.81. The second-order valence-electron chi connectivity index (χ2n) is 5.41. The van der Waals surface area contributed by atoms with Crippen LogP contribution in [0.4, 0.5) is 11.4 Å². The lowest BCUT2D eigenvalue weighted by molar-refractivity contribution is -0.129. The first-order valence-corrected chi connectivity index (χ1v) is 7.34. The number of hydrogen-bond donors (Lipinski definition) is 3. The second-order valence-corrected chi connectivity index (χ2v) is 5.41. The molecule has 2 aromatic rings. The summed E-state index contributed by atoms with van der Waals surface area (Å²) >= 11 is 0. The summed E-state index contributed by atoms with van der Waals surface area (Å²) in [5.74, 6) is -2.48. The second kappa shape index (κ2) is 5.79. The lowest BCUT2D eigenvalue weighted by Gasteiger charge is -2.22. The van der Waals surface area contributed by atoms with E-state index in [1.807, 2.05) is 0 Å². The van der Waals surface area contributed by atoms with Gasteiger partial charge in [0.2, 0.25) is 11.6 Å². The molecule has 7 heteroatoms. The molecule has 7 nitrogen and oxygen atoms in total. The van der Waals surface area contributed by atoms with E-state index in [9.17, 15) is 19.5 Å². The first kappa shape index (κ1) is 16.3. The number of nitrogen functional groups attached to an aromatic ring is 2. The van der Waals surface area contributed by atoms with Crippen molar-refractivity contribution in [2.24, 2.45) is 0 Å². The summed E-state index contributed by atoms with van der Waals surface area (Å²) in [5.41, 5.74) is 11.1. The topological polar surface area (TPSA) is 133 Å². The van der Waals surface area contributed by atoms with Crippen molar-refractivity contribution in [3.05, 3.63) is 58.7 Å². The van der Waals surface area contributed by atoms with Crippen LogP contribution in [0.2, 0.25) is 0 Å². The fourth-order valence-electron chi connectivity index (χ4n) is 2.77. The molecule has 25 heavy (non-hydrogen) atoms. The van der Waals surface area contributed by atoms with E-state index in [4.69, 9.17) is 16.2 Å². The van der Waals surface area contributed by atoms with Gasteiger partial charge in [-0.15, -0.1) is 0 Å². The zero-order chi connectivity index (χ0) is 18.3. The Labute approximate surface area is 142 Å². The van der Waals surface area contributed by atoms with Gasteiger partial charge in [-0.25, -0.2) is 4.79 Å². The quantitative estimate of drug-likeness (QED) is 0.213. The normalized spacial score (nSPS) is 12.8. The van der Waals surface area contributed by atoms with Gasteiger partial charge in [0.15, 0.2) is 0 Å². The zero-order valence-corrected chi connectivity index (χ0v) is 13.2. The van der Waals surface area contributed by atoms with Gasteiger partial charge in [0.25, 0.3) is 0 Å². The van der Waals surface area contributed by atoms with Gasteiger partial charge in [0, 0.05) is 17.5 Å². The fraction of sp³-hybridized carbons (Fsp3) is 0.0556. The molecule has 0 atom stereocenters. The average molecular weight is 338 g/mol. The van der Waals surface area contributed by atoms with Crippen LogP contribution in [-0.2, 0) is 4.79 Å². The maximum Gasteiger partial charge on any atom is 0.335 e. The number of anilines is 2. The number of ether oxygens (including phenoxy) is 1. The predicted molar refractivity (Wildman–Crippen MR) is 90.7 cm³/mol. The van der Waals surface area contributed by atoms with Crippen LogP contribution in [0, 0.1) is 0 Å². The molecule has 0 saturated carbocycles. The van der Waals surface area contributed by atoms with Crippen LogP contribution in [0.1, 0.15) is 38.8 Å². The first-order chi connectivity index (χ1) is 11.9. The minimum Gasteiger partial charge on any atom is -0.507 e. The Balaban J connectivity index is 2.28. The first-order valence-electron chi connectivity index (χ1n) is 7.34. The van der Waals surface area contributed by atoms with Crippen LogP contribution in [-0.4, -0.2) is 22.6 Å². The fourth-order valence-corrected chi connectivity index (χ4v) is 2.77. The van der Waals surface area contributed by atoms with E-state index in [-0.39, 0.29) is 45.1 Å². The number of carbonyl (C=O) groups is 3. The van der Waals surface area contributed by atoms with E-state index in [0.717, 1.165) is 0 Å². The van der Waals surface area contributed by atoms with E-state index in [1.165, 1.54) is 36.4 Å². The number of rotatable bonds is 2. The van der Waals surface area contributed by atoms with Crippen molar-refractivity contribution in [2.75, 3.05) is 11.5 Å². The maximum atomic E-state index is 12.9. The van der Waals surface area contributed by atoms with Crippen LogP contribution in [0.5, 0.6) is 11.5 Å². The van der Waals surface area contributed by atoms with Gasteiger partial charge < -0.3 is 21.3 Å². The molecule has 0 heterocycles. The number of hydrogen-bond acceptors (Lipinski definition) is 7. The van der Waals surface area contributed by atoms with Crippen LogP contribution in [0.15, 0.2) is 36.4 Å². The molecule has 0 aromatic heterocycles. The Hall–Kier alpha value is -3.61. The van der Waals surface area contributed by atoms with Crippen molar-refractivity contribution in [3.8, 4) is 11.5 Å². The number of phenols is 1. The number of carbonyl (C=O) groups excluding carboxylic acids is 3. The molecule has 1 aliphatic carbocycles. The molecule has 0 spiro atoms. The highest BCUT2D eigenvalue weighted by Crippen LogP contribution is 2.41. The molecule has 0 radical (unpaired) electrons. The van der Waals surface area contributed by atoms with E-state index in [2.05, 4.69) is 0 Å². The number of allylic oxidation sites excluding steroid dienone is 1. The van der Waals surface area contributed by atoms with Gasteiger partial charge in [-0.2, -0.15) is 0 Å². The maximum absolute atomic E-state index is 12.9. The molecule has 2 aromatic carbocycles. The zero-order valence-electron chi connectivity index (χ0n) is 13.2. The summed E-state index contributed by atoms with van der Waals surface area (Å²) in [6.07, 6.45) is 2.65. The van der Waals surface area contributed by atoms with Gasteiger partial charge >= 0.3 is 5.97 Å². The van der Waals surface area contributed by atoms with Gasteiger partial charge in [-0.1, -0.05) is 6.08 Å². The summed E-state index contributed by atoms with van der Waals surface area (Å²) in [4.78, 5) is 37.5. The molecule has 1 aliphatic rings. The molecule has 0 saturated heterocycles. The SMILES string of the molecule is CC=CC(=O)Oc1ccc(N)c2c1C(=O)c1c(N)ccc(O)c1C2=O. The summed E-state index contributed by atoms with van der Waals surface area (Å²) < 4.78 is 5.15.